The Morgan fingerprint density at radius 1 is 1.48 bits per heavy atom. The number of carbonyl (C=O) groups excluding carboxylic acids is 1. The van der Waals surface area contributed by atoms with Crippen LogP contribution in [0.2, 0.25) is 0 Å². The fourth-order valence-electron chi connectivity index (χ4n) is 1.65. The Morgan fingerprint density at radius 2 is 2.29 bits per heavy atom. The summed E-state index contributed by atoms with van der Waals surface area (Å²) >= 11 is 1.14. The zero-order valence-electron chi connectivity index (χ0n) is 11.3. The van der Waals surface area contributed by atoms with Crippen LogP contribution in [0.25, 0.3) is 0 Å². The number of aromatic nitrogens is 1. The average molecular weight is 301 g/mol. The molecule has 0 aliphatic rings. The lowest BCUT2D eigenvalue weighted by Gasteiger charge is -2.07. The first-order chi connectivity index (χ1) is 10.1. The van der Waals surface area contributed by atoms with Crippen molar-refractivity contribution in [2.45, 2.75) is 11.9 Å². The van der Waals surface area contributed by atoms with E-state index in [2.05, 4.69) is 10.3 Å². The van der Waals surface area contributed by atoms with Crippen LogP contribution >= 0.6 is 11.8 Å². The molecule has 4 nitrogen and oxygen atoms in total. The van der Waals surface area contributed by atoms with Crippen molar-refractivity contribution in [1.29, 1.82) is 5.26 Å². The molecule has 1 amide bonds. The largest absolute Gasteiger partial charge is 0.323 e. The Morgan fingerprint density at radius 3 is 3.05 bits per heavy atom. The highest BCUT2D eigenvalue weighted by Crippen LogP contribution is 2.20. The molecule has 1 heterocycles. The third kappa shape index (κ3) is 4.04. The van der Waals surface area contributed by atoms with Gasteiger partial charge in [0.25, 0.3) is 0 Å². The second-order valence-electron chi connectivity index (χ2n) is 4.29. The zero-order valence-corrected chi connectivity index (χ0v) is 12.1. The number of halogens is 1. The Balaban J connectivity index is 2.00. The second kappa shape index (κ2) is 6.86. The van der Waals surface area contributed by atoms with E-state index in [1.807, 2.05) is 13.0 Å². The van der Waals surface area contributed by atoms with Crippen molar-refractivity contribution in [2.24, 2.45) is 0 Å². The molecule has 6 heteroatoms. The highest BCUT2D eigenvalue weighted by molar-refractivity contribution is 8.00. The lowest BCUT2D eigenvalue weighted by atomic mass is 10.2. The van der Waals surface area contributed by atoms with E-state index < -0.39 is 5.82 Å². The first-order valence-electron chi connectivity index (χ1n) is 6.14. The van der Waals surface area contributed by atoms with E-state index in [1.165, 1.54) is 6.07 Å². The molecule has 0 saturated carbocycles. The van der Waals surface area contributed by atoms with Crippen LogP contribution in [0.5, 0.6) is 0 Å². The van der Waals surface area contributed by atoms with E-state index >= 15 is 0 Å². The summed E-state index contributed by atoms with van der Waals surface area (Å²) in [5, 5.41) is 11.9. The number of nitrogens with zero attached hydrogens (tertiary/aromatic N) is 2. The van der Waals surface area contributed by atoms with Gasteiger partial charge in [-0.05, 0) is 36.8 Å². The smallest absolute Gasteiger partial charge is 0.234 e. The van der Waals surface area contributed by atoms with E-state index in [-0.39, 0.29) is 17.3 Å². The number of nitrogens with one attached hydrogen (secondary N) is 1. The number of nitriles is 1. The van der Waals surface area contributed by atoms with Crippen LogP contribution in [-0.4, -0.2) is 16.6 Å². The summed E-state index contributed by atoms with van der Waals surface area (Å²) in [6.45, 7) is 1.82. The number of thioether (sulfide) groups is 1. The second-order valence-corrected chi connectivity index (χ2v) is 5.25. The fraction of sp³-hybridized carbons (Fsp3) is 0.133. The van der Waals surface area contributed by atoms with Gasteiger partial charge in [0, 0.05) is 6.20 Å². The summed E-state index contributed by atoms with van der Waals surface area (Å²) < 4.78 is 13.5. The van der Waals surface area contributed by atoms with Gasteiger partial charge in [-0.2, -0.15) is 5.26 Å². The molecular weight excluding hydrogens is 289 g/mol. The molecule has 106 valence electrons. The molecule has 2 aromatic rings. The van der Waals surface area contributed by atoms with Crippen molar-refractivity contribution < 1.29 is 9.18 Å². The Kier molecular flexibility index (Phi) is 4.90. The molecular formula is C15H12FN3OS. The summed E-state index contributed by atoms with van der Waals surface area (Å²) in [5.41, 5.74) is 1.43. The lowest BCUT2D eigenvalue weighted by Crippen LogP contribution is -2.15. The number of carbonyl (C=O) groups is 1. The molecule has 2 rings (SSSR count). The molecule has 0 aliphatic heterocycles. The monoisotopic (exact) mass is 301 g/mol. The summed E-state index contributed by atoms with van der Waals surface area (Å²) in [6, 6.07) is 9.81. The minimum Gasteiger partial charge on any atom is -0.323 e. The van der Waals surface area contributed by atoms with E-state index in [0.29, 0.717) is 10.6 Å². The summed E-state index contributed by atoms with van der Waals surface area (Å²) in [6.07, 6.45) is 1.56. The number of pyridine rings is 1. The molecule has 0 bridgehead atoms. The molecule has 1 aromatic heterocycles. The zero-order chi connectivity index (χ0) is 15.2. The van der Waals surface area contributed by atoms with Gasteiger partial charge >= 0.3 is 0 Å². The van der Waals surface area contributed by atoms with Gasteiger partial charge in [-0.15, -0.1) is 0 Å². The third-order valence-corrected chi connectivity index (χ3v) is 3.63. The number of benzene rings is 1. The Labute approximate surface area is 126 Å². The first-order valence-corrected chi connectivity index (χ1v) is 7.12. The van der Waals surface area contributed by atoms with Crippen LogP contribution < -0.4 is 5.32 Å². The van der Waals surface area contributed by atoms with Crippen LogP contribution in [0.15, 0.2) is 41.6 Å². The Hall–Kier alpha value is -2.39. The maximum absolute atomic E-state index is 13.5. The number of anilines is 1. The Bertz CT molecular complexity index is 712. The summed E-state index contributed by atoms with van der Waals surface area (Å²) in [4.78, 5) is 15.9. The minimum atomic E-state index is -0.477. The van der Waals surface area contributed by atoms with Gasteiger partial charge in [0.05, 0.1) is 17.0 Å². The van der Waals surface area contributed by atoms with Crippen molar-refractivity contribution in [2.75, 3.05) is 11.1 Å². The van der Waals surface area contributed by atoms with Crippen LogP contribution in [-0.2, 0) is 4.79 Å². The molecule has 21 heavy (non-hydrogen) atoms. The SMILES string of the molecule is Cc1ccc(F)c(NC(=O)CSc2ncccc2C#N)c1. The molecule has 0 spiro atoms. The predicted molar refractivity (Wildman–Crippen MR) is 79.4 cm³/mol. The van der Waals surface area contributed by atoms with Gasteiger partial charge in [0.2, 0.25) is 5.91 Å². The average Bonchev–Trinajstić information content (AvgIpc) is 2.49. The molecule has 1 N–H and O–H groups in total. The summed E-state index contributed by atoms with van der Waals surface area (Å²) in [7, 11) is 0. The van der Waals surface area contributed by atoms with Crippen LogP contribution in [0.1, 0.15) is 11.1 Å². The molecule has 0 unspecified atom stereocenters. The maximum atomic E-state index is 13.5. The fourth-order valence-corrected chi connectivity index (χ4v) is 2.39. The summed E-state index contributed by atoms with van der Waals surface area (Å²) in [5.74, 6) is -0.771. The van der Waals surface area contributed by atoms with E-state index in [0.717, 1.165) is 17.3 Å². The van der Waals surface area contributed by atoms with Gasteiger partial charge in [-0.1, -0.05) is 17.8 Å². The van der Waals surface area contributed by atoms with Crippen molar-refractivity contribution in [1.82, 2.24) is 4.98 Å². The lowest BCUT2D eigenvalue weighted by molar-refractivity contribution is -0.113. The maximum Gasteiger partial charge on any atom is 0.234 e. The third-order valence-electron chi connectivity index (χ3n) is 2.63. The van der Waals surface area contributed by atoms with Gasteiger partial charge in [0.15, 0.2) is 0 Å². The van der Waals surface area contributed by atoms with Crippen LogP contribution in [0, 0.1) is 24.1 Å². The van der Waals surface area contributed by atoms with Gasteiger partial charge in [-0.3, -0.25) is 4.79 Å². The van der Waals surface area contributed by atoms with Gasteiger partial charge < -0.3 is 5.32 Å². The number of hydrogen-bond acceptors (Lipinski definition) is 4. The van der Waals surface area contributed by atoms with E-state index in [1.54, 1.807) is 30.5 Å². The molecule has 0 aliphatic carbocycles. The van der Waals surface area contributed by atoms with Crippen molar-refractivity contribution in [3.8, 4) is 6.07 Å². The quantitative estimate of drug-likeness (QED) is 0.881. The molecule has 0 radical (unpaired) electrons. The molecule has 0 fully saturated rings. The standard InChI is InChI=1S/C15H12FN3OS/c1-10-4-5-12(16)13(7-10)19-14(20)9-21-15-11(8-17)3-2-6-18-15/h2-7H,9H2,1H3,(H,19,20). The highest BCUT2D eigenvalue weighted by Gasteiger charge is 2.10. The van der Waals surface area contributed by atoms with Crippen molar-refractivity contribution in [3.05, 3.63) is 53.5 Å². The molecule has 0 saturated heterocycles. The number of aryl methyl sites for hydroxylation is 1. The van der Waals surface area contributed by atoms with Crippen molar-refractivity contribution >= 4 is 23.4 Å². The van der Waals surface area contributed by atoms with Crippen molar-refractivity contribution in [3.63, 3.8) is 0 Å². The number of amides is 1. The molecule has 1 aromatic carbocycles. The topological polar surface area (TPSA) is 65.8 Å². The number of rotatable bonds is 4. The predicted octanol–water partition coefficient (Wildman–Crippen LogP) is 3.13. The minimum absolute atomic E-state index is 0.0546. The van der Waals surface area contributed by atoms with Gasteiger partial charge in [0.1, 0.15) is 16.9 Å². The van der Waals surface area contributed by atoms with E-state index in [4.69, 9.17) is 5.26 Å². The van der Waals surface area contributed by atoms with Crippen LogP contribution in [0.4, 0.5) is 10.1 Å². The van der Waals surface area contributed by atoms with Gasteiger partial charge in [-0.25, -0.2) is 9.37 Å². The number of hydrogen-bond donors (Lipinski definition) is 1. The molecule has 0 atom stereocenters. The normalized spacial score (nSPS) is 9.95. The van der Waals surface area contributed by atoms with Crippen LogP contribution in [0.3, 0.4) is 0 Å². The first kappa shape index (κ1) is 15.0. The highest BCUT2D eigenvalue weighted by atomic mass is 32.2. The van der Waals surface area contributed by atoms with E-state index in [9.17, 15) is 9.18 Å².